The minimum atomic E-state index is -4.48. The zero-order valence-electron chi connectivity index (χ0n) is 12.2. The fraction of sp³-hybridized carbons (Fsp3) is 0.643. The molecule has 22 heavy (non-hydrogen) atoms. The quantitative estimate of drug-likeness (QED) is 0.511. The number of hydrogen-bond acceptors (Lipinski definition) is 3. The number of nitrogens with two attached hydrogens (primary N) is 1. The first-order valence-corrected chi connectivity index (χ1v) is 7.41. The van der Waals surface area contributed by atoms with Crippen molar-refractivity contribution in [2.75, 3.05) is 0 Å². The van der Waals surface area contributed by atoms with Gasteiger partial charge in [-0.2, -0.15) is 13.2 Å². The Balaban J connectivity index is 1.92. The Morgan fingerprint density at radius 3 is 2.59 bits per heavy atom. The molecule has 0 radical (unpaired) electrons. The Kier molecular flexibility index (Phi) is 5.57. The topological polar surface area (TPSA) is 76.2 Å². The van der Waals surface area contributed by atoms with Crippen LogP contribution in [0.3, 0.4) is 0 Å². The molecule has 2 rings (SSSR count). The van der Waals surface area contributed by atoms with Crippen molar-refractivity contribution in [1.82, 2.24) is 15.3 Å². The molecule has 1 heterocycles. The SMILES string of the molecule is NC(=NCc1nccc(C(F)(F)F)n1)NC1CCCCCC1. The summed E-state index contributed by atoms with van der Waals surface area (Å²) in [4.78, 5) is 11.3. The molecule has 1 aromatic heterocycles. The van der Waals surface area contributed by atoms with E-state index in [-0.39, 0.29) is 24.4 Å². The Bertz CT molecular complexity index is 507. The van der Waals surface area contributed by atoms with E-state index in [0.717, 1.165) is 37.9 Å². The van der Waals surface area contributed by atoms with Gasteiger partial charge in [0.15, 0.2) is 5.96 Å². The van der Waals surface area contributed by atoms with Crippen molar-refractivity contribution >= 4 is 5.96 Å². The van der Waals surface area contributed by atoms with Crippen LogP contribution in [0.2, 0.25) is 0 Å². The summed E-state index contributed by atoms with van der Waals surface area (Å²) in [7, 11) is 0. The van der Waals surface area contributed by atoms with Crippen LogP contribution in [0.25, 0.3) is 0 Å². The third-order valence-corrected chi connectivity index (χ3v) is 3.59. The van der Waals surface area contributed by atoms with Crippen LogP contribution < -0.4 is 11.1 Å². The van der Waals surface area contributed by atoms with Gasteiger partial charge in [-0.3, -0.25) is 0 Å². The molecule has 3 N–H and O–H groups in total. The second kappa shape index (κ2) is 7.42. The maximum Gasteiger partial charge on any atom is 0.433 e. The van der Waals surface area contributed by atoms with E-state index in [4.69, 9.17) is 5.73 Å². The van der Waals surface area contributed by atoms with Crippen LogP contribution in [0.4, 0.5) is 13.2 Å². The largest absolute Gasteiger partial charge is 0.433 e. The Morgan fingerprint density at radius 2 is 1.95 bits per heavy atom. The molecule has 0 spiro atoms. The summed E-state index contributed by atoms with van der Waals surface area (Å²) in [5.74, 6) is 0.230. The molecule has 1 aliphatic rings. The molecule has 1 saturated carbocycles. The number of rotatable bonds is 3. The van der Waals surface area contributed by atoms with Crippen LogP contribution in [0.5, 0.6) is 0 Å². The molecule has 0 bridgehead atoms. The van der Waals surface area contributed by atoms with Crippen LogP contribution in [-0.2, 0) is 12.7 Å². The van der Waals surface area contributed by atoms with Gasteiger partial charge in [0.05, 0.1) is 0 Å². The molecule has 0 unspecified atom stereocenters. The first-order valence-electron chi connectivity index (χ1n) is 7.41. The maximum atomic E-state index is 12.6. The first kappa shape index (κ1) is 16.5. The van der Waals surface area contributed by atoms with Gasteiger partial charge in [0, 0.05) is 12.2 Å². The van der Waals surface area contributed by atoms with Crippen LogP contribution in [0, 0.1) is 0 Å². The zero-order chi connectivity index (χ0) is 16.0. The lowest BCUT2D eigenvalue weighted by Crippen LogP contribution is -2.39. The standard InChI is InChI=1S/C14H20F3N5/c15-14(16,17)11-7-8-19-12(22-11)9-20-13(18)21-10-5-3-1-2-4-6-10/h7-8,10H,1-6,9H2,(H3,18,20,21). The molecular formula is C14H20F3N5. The molecule has 0 saturated heterocycles. The van der Waals surface area contributed by atoms with Crippen molar-refractivity contribution in [2.45, 2.75) is 57.3 Å². The predicted molar refractivity (Wildman–Crippen MR) is 77.0 cm³/mol. The molecular weight excluding hydrogens is 295 g/mol. The van der Waals surface area contributed by atoms with Gasteiger partial charge in [-0.1, -0.05) is 25.7 Å². The third kappa shape index (κ3) is 5.16. The predicted octanol–water partition coefficient (Wildman–Crippen LogP) is 2.62. The summed E-state index contributed by atoms with van der Waals surface area (Å²) in [6, 6.07) is 1.12. The van der Waals surface area contributed by atoms with Gasteiger partial charge in [-0.25, -0.2) is 15.0 Å². The lowest BCUT2D eigenvalue weighted by atomic mass is 10.1. The highest BCUT2D eigenvalue weighted by molar-refractivity contribution is 5.78. The number of aromatic nitrogens is 2. The Morgan fingerprint density at radius 1 is 1.27 bits per heavy atom. The molecule has 5 nitrogen and oxygen atoms in total. The number of guanidine groups is 1. The number of hydrogen-bond donors (Lipinski definition) is 2. The van der Waals surface area contributed by atoms with Crippen LogP contribution in [0.15, 0.2) is 17.3 Å². The molecule has 122 valence electrons. The van der Waals surface area contributed by atoms with Crippen molar-refractivity contribution < 1.29 is 13.2 Å². The first-order chi connectivity index (χ1) is 10.4. The van der Waals surface area contributed by atoms with Gasteiger partial charge >= 0.3 is 6.18 Å². The molecule has 1 aromatic rings. The molecule has 0 aliphatic heterocycles. The highest BCUT2D eigenvalue weighted by Gasteiger charge is 2.32. The molecule has 0 aromatic carbocycles. The monoisotopic (exact) mass is 315 g/mol. The summed E-state index contributed by atoms with van der Waals surface area (Å²) in [6.45, 7) is -0.0739. The average Bonchev–Trinajstić information content (AvgIpc) is 2.73. The van der Waals surface area contributed by atoms with Gasteiger partial charge in [-0.15, -0.1) is 0 Å². The van der Waals surface area contributed by atoms with Gasteiger partial charge < -0.3 is 11.1 Å². The number of nitrogens with zero attached hydrogens (tertiary/aromatic N) is 3. The summed E-state index contributed by atoms with van der Waals surface area (Å²) in [5, 5.41) is 3.12. The lowest BCUT2D eigenvalue weighted by molar-refractivity contribution is -0.141. The van der Waals surface area contributed by atoms with Crippen LogP contribution in [0.1, 0.15) is 50.0 Å². The Labute approximate surface area is 127 Å². The minimum absolute atomic E-state index is 0.000409. The lowest BCUT2D eigenvalue weighted by Gasteiger charge is -2.16. The molecule has 0 amide bonds. The summed E-state index contributed by atoms with van der Waals surface area (Å²) in [5.41, 5.74) is 4.82. The van der Waals surface area contributed by atoms with Gasteiger partial charge in [0.1, 0.15) is 18.1 Å². The molecule has 0 atom stereocenters. The second-order valence-electron chi connectivity index (χ2n) is 5.39. The van der Waals surface area contributed by atoms with Gasteiger partial charge in [-0.05, 0) is 18.9 Å². The van der Waals surface area contributed by atoms with Gasteiger partial charge in [0.25, 0.3) is 0 Å². The van der Waals surface area contributed by atoms with Crippen LogP contribution in [-0.4, -0.2) is 22.0 Å². The van der Waals surface area contributed by atoms with E-state index in [1.54, 1.807) is 0 Å². The number of aliphatic imine (C=N–C) groups is 1. The summed E-state index contributed by atoms with van der Waals surface area (Å²) < 4.78 is 37.7. The van der Waals surface area contributed by atoms with Crippen LogP contribution >= 0.6 is 0 Å². The van der Waals surface area contributed by atoms with E-state index in [2.05, 4.69) is 20.3 Å². The third-order valence-electron chi connectivity index (χ3n) is 3.59. The highest BCUT2D eigenvalue weighted by atomic mass is 19.4. The zero-order valence-corrected chi connectivity index (χ0v) is 12.2. The average molecular weight is 315 g/mol. The smallest absolute Gasteiger partial charge is 0.370 e. The number of nitrogens with one attached hydrogen (secondary N) is 1. The van der Waals surface area contributed by atoms with E-state index >= 15 is 0 Å². The van der Waals surface area contributed by atoms with Crippen molar-refractivity contribution in [2.24, 2.45) is 10.7 Å². The van der Waals surface area contributed by atoms with E-state index in [1.807, 2.05) is 0 Å². The summed E-state index contributed by atoms with van der Waals surface area (Å²) in [6.07, 6.45) is 3.44. The highest BCUT2D eigenvalue weighted by Crippen LogP contribution is 2.26. The van der Waals surface area contributed by atoms with E-state index in [0.29, 0.717) is 0 Å². The number of alkyl halides is 3. The fourth-order valence-corrected chi connectivity index (χ4v) is 2.47. The Hall–Kier alpha value is -1.86. The normalized spacial score (nSPS) is 18.0. The van der Waals surface area contributed by atoms with E-state index in [1.165, 1.54) is 12.8 Å². The number of halogens is 3. The van der Waals surface area contributed by atoms with Crippen molar-refractivity contribution in [1.29, 1.82) is 0 Å². The van der Waals surface area contributed by atoms with E-state index < -0.39 is 11.9 Å². The van der Waals surface area contributed by atoms with Crippen molar-refractivity contribution in [3.05, 3.63) is 23.8 Å². The molecule has 8 heteroatoms. The van der Waals surface area contributed by atoms with E-state index in [9.17, 15) is 13.2 Å². The van der Waals surface area contributed by atoms with Crippen molar-refractivity contribution in [3.8, 4) is 0 Å². The molecule has 1 aliphatic carbocycles. The fourth-order valence-electron chi connectivity index (χ4n) is 2.47. The summed E-state index contributed by atoms with van der Waals surface area (Å²) >= 11 is 0. The maximum absolute atomic E-state index is 12.6. The van der Waals surface area contributed by atoms with Crippen molar-refractivity contribution in [3.63, 3.8) is 0 Å². The molecule has 1 fully saturated rings. The van der Waals surface area contributed by atoms with Gasteiger partial charge in [0.2, 0.25) is 0 Å². The second-order valence-corrected chi connectivity index (χ2v) is 5.39. The minimum Gasteiger partial charge on any atom is -0.370 e.